The summed E-state index contributed by atoms with van der Waals surface area (Å²) in [6.45, 7) is 0.567. The maximum atomic E-state index is 12.0. The van der Waals surface area contributed by atoms with Crippen LogP contribution in [-0.4, -0.2) is 43.0 Å². The minimum absolute atomic E-state index is 0.0526. The normalized spacial score (nSPS) is 13.5. The molecule has 22 heavy (non-hydrogen) atoms. The Balaban J connectivity index is 1.91. The Morgan fingerprint density at radius 1 is 1.36 bits per heavy atom. The fraction of sp³-hybridized carbons (Fsp3) is 0.385. The predicted octanol–water partition coefficient (Wildman–Crippen LogP) is 2.50. The van der Waals surface area contributed by atoms with Crippen LogP contribution in [-0.2, 0) is 4.84 Å². The molecule has 9 heteroatoms. The van der Waals surface area contributed by atoms with Gasteiger partial charge in [0.15, 0.2) is 0 Å². The second-order valence-corrected chi connectivity index (χ2v) is 5.01. The Labute approximate surface area is 130 Å². The van der Waals surface area contributed by atoms with Crippen LogP contribution in [0, 0.1) is 0 Å². The van der Waals surface area contributed by atoms with Crippen molar-refractivity contribution in [3.63, 3.8) is 0 Å². The largest absolute Gasteiger partial charge is 0.434 e. The molecule has 1 aliphatic heterocycles. The lowest BCUT2D eigenvalue weighted by Crippen LogP contribution is -2.43. The molecule has 2 rings (SSSR count). The molecule has 1 fully saturated rings. The number of likely N-dealkylation sites (tertiary alicyclic amines) is 1. The second-order valence-electron chi connectivity index (χ2n) is 4.61. The lowest BCUT2D eigenvalue weighted by atomic mass is 10.2. The number of hydrogen-bond acceptors (Lipinski definition) is 4. The van der Waals surface area contributed by atoms with Gasteiger partial charge in [-0.05, 0) is 24.6 Å². The summed E-state index contributed by atoms with van der Waals surface area (Å²) >= 11 is 5.92. The first-order chi connectivity index (χ1) is 10.5. The number of hydrogen-bond donors (Lipinski definition) is 2. The molecule has 0 aliphatic carbocycles. The van der Waals surface area contributed by atoms with Crippen molar-refractivity contribution in [1.29, 1.82) is 0 Å². The highest BCUT2D eigenvalue weighted by Crippen LogP contribution is 2.21. The fourth-order valence-electron chi connectivity index (χ4n) is 1.69. The maximum Gasteiger partial charge on any atom is 0.434 e. The summed E-state index contributed by atoms with van der Waals surface area (Å²) in [6.07, 6.45) is -2.19. The topological polar surface area (TPSA) is 70.7 Å². The number of anilines is 1. The van der Waals surface area contributed by atoms with Gasteiger partial charge >= 0.3 is 6.09 Å². The Kier molecular flexibility index (Phi) is 5.37. The first-order valence-electron chi connectivity index (χ1n) is 6.55. The molecular weight excluding hydrogens is 320 g/mol. The van der Waals surface area contributed by atoms with Crippen molar-refractivity contribution in [2.45, 2.75) is 12.8 Å². The number of halogens is 3. The molecule has 2 amide bonds. The van der Waals surface area contributed by atoms with E-state index in [2.05, 4.69) is 10.8 Å². The van der Waals surface area contributed by atoms with E-state index in [0.29, 0.717) is 18.8 Å². The van der Waals surface area contributed by atoms with Crippen LogP contribution in [0.25, 0.3) is 0 Å². The molecule has 120 valence electrons. The van der Waals surface area contributed by atoms with E-state index in [-0.39, 0.29) is 10.6 Å². The van der Waals surface area contributed by atoms with Crippen LogP contribution < -0.4 is 10.8 Å². The summed E-state index contributed by atoms with van der Waals surface area (Å²) < 4.78 is 24.1. The third-order valence-corrected chi connectivity index (χ3v) is 3.31. The van der Waals surface area contributed by atoms with Crippen LogP contribution in [0.15, 0.2) is 18.2 Å². The molecule has 0 unspecified atom stereocenters. The van der Waals surface area contributed by atoms with Gasteiger partial charge < -0.3 is 15.1 Å². The van der Waals surface area contributed by atoms with Crippen molar-refractivity contribution < 1.29 is 23.2 Å². The maximum absolute atomic E-state index is 12.0. The summed E-state index contributed by atoms with van der Waals surface area (Å²) in [5, 5.41) is 2.11. The van der Waals surface area contributed by atoms with Crippen molar-refractivity contribution in [3.8, 4) is 0 Å². The summed E-state index contributed by atoms with van der Waals surface area (Å²) in [5.74, 6) is -0.700. The number of nitrogens with zero attached hydrogens (tertiary/aromatic N) is 1. The number of carbonyl (C=O) groups is 2. The monoisotopic (exact) mass is 333 g/mol. The van der Waals surface area contributed by atoms with E-state index in [1.807, 2.05) is 0 Å². The van der Waals surface area contributed by atoms with Crippen molar-refractivity contribution in [1.82, 2.24) is 10.2 Å². The van der Waals surface area contributed by atoms with Crippen molar-refractivity contribution >= 4 is 29.3 Å². The smallest absolute Gasteiger partial charge is 0.346 e. The molecule has 1 saturated heterocycles. The highest BCUT2D eigenvalue weighted by Gasteiger charge is 2.22. The van der Waals surface area contributed by atoms with Gasteiger partial charge in [-0.25, -0.2) is 19.1 Å². The lowest BCUT2D eigenvalue weighted by Gasteiger charge is -2.29. The number of alkyl halides is 2. The van der Waals surface area contributed by atoms with Crippen molar-refractivity contribution in [3.05, 3.63) is 28.8 Å². The molecule has 0 saturated carbocycles. The van der Waals surface area contributed by atoms with Crippen LogP contribution in [0.1, 0.15) is 16.8 Å². The Bertz CT molecular complexity index is 567. The summed E-state index contributed by atoms with van der Waals surface area (Å²) in [5.41, 5.74) is 2.85. The van der Waals surface area contributed by atoms with E-state index in [0.717, 1.165) is 6.42 Å². The predicted molar refractivity (Wildman–Crippen MR) is 76.1 cm³/mol. The third-order valence-electron chi connectivity index (χ3n) is 3.00. The van der Waals surface area contributed by atoms with E-state index in [1.165, 1.54) is 23.1 Å². The minimum Gasteiger partial charge on any atom is -0.346 e. The Morgan fingerprint density at radius 3 is 2.64 bits per heavy atom. The van der Waals surface area contributed by atoms with Gasteiger partial charge in [-0.1, -0.05) is 11.6 Å². The number of nitrogens with one attached hydrogen (secondary N) is 2. The number of amides is 2. The van der Waals surface area contributed by atoms with E-state index < -0.39 is 25.0 Å². The highest BCUT2D eigenvalue weighted by atomic mass is 35.5. The van der Waals surface area contributed by atoms with Crippen LogP contribution in [0.4, 0.5) is 19.3 Å². The summed E-state index contributed by atoms with van der Waals surface area (Å²) in [4.78, 5) is 29.5. The highest BCUT2D eigenvalue weighted by molar-refractivity contribution is 6.34. The number of benzene rings is 1. The van der Waals surface area contributed by atoms with E-state index in [1.54, 1.807) is 0 Å². The number of rotatable bonds is 5. The first kappa shape index (κ1) is 16.3. The van der Waals surface area contributed by atoms with Gasteiger partial charge in [-0.2, -0.15) is 0 Å². The zero-order valence-electron chi connectivity index (χ0n) is 11.4. The summed E-state index contributed by atoms with van der Waals surface area (Å²) in [6, 6.07) is 4.16. The van der Waals surface area contributed by atoms with E-state index in [9.17, 15) is 18.4 Å². The van der Waals surface area contributed by atoms with E-state index in [4.69, 9.17) is 16.4 Å². The molecule has 1 aromatic carbocycles. The minimum atomic E-state index is -2.63. The third kappa shape index (κ3) is 4.20. The van der Waals surface area contributed by atoms with Crippen molar-refractivity contribution in [2.24, 2.45) is 0 Å². The average molecular weight is 334 g/mol. The van der Waals surface area contributed by atoms with Gasteiger partial charge in [0.25, 0.3) is 12.3 Å². The fourth-order valence-corrected chi connectivity index (χ4v) is 1.96. The van der Waals surface area contributed by atoms with E-state index >= 15 is 0 Å². The number of carbonyl (C=O) groups excluding carboxylic acids is 2. The zero-order chi connectivity index (χ0) is 16.1. The molecular formula is C13H14ClF2N3O3. The molecule has 0 aromatic heterocycles. The molecule has 0 bridgehead atoms. The van der Waals surface area contributed by atoms with Crippen LogP contribution in [0.3, 0.4) is 0 Å². The zero-order valence-corrected chi connectivity index (χ0v) is 12.2. The molecule has 1 aliphatic rings. The van der Waals surface area contributed by atoms with Crippen LogP contribution in [0.5, 0.6) is 0 Å². The Hall–Kier alpha value is -2.09. The molecule has 0 atom stereocenters. The van der Waals surface area contributed by atoms with Gasteiger partial charge in [0.2, 0.25) is 0 Å². The molecule has 2 N–H and O–H groups in total. The SMILES string of the molecule is O=C(NCC(F)F)c1ccc(NOC(=O)N2CCC2)cc1Cl. The van der Waals surface area contributed by atoms with Gasteiger partial charge in [0, 0.05) is 13.1 Å². The van der Waals surface area contributed by atoms with Crippen LogP contribution >= 0.6 is 11.6 Å². The van der Waals surface area contributed by atoms with Gasteiger partial charge in [-0.15, -0.1) is 0 Å². The molecule has 0 spiro atoms. The Morgan fingerprint density at radius 2 is 2.09 bits per heavy atom. The standard InChI is InChI=1S/C13H14ClF2N3O3/c14-10-6-8(18-22-13(21)19-4-1-5-19)2-3-9(10)12(20)17-7-11(15)16/h2-3,6,11,18H,1,4-5,7H2,(H,17,20). The first-order valence-corrected chi connectivity index (χ1v) is 6.93. The van der Waals surface area contributed by atoms with Gasteiger partial charge in [0.05, 0.1) is 22.8 Å². The van der Waals surface area contributed by atoms with Crippen molar-refractivity contribution in [2.75, 3.05) is 25.1 Å². The molecule has 6 nitrogen and oxygen atoms in total. The van der Waals surface area contributed by atoms with Gasteiger partial charge in [-0.3, -0.25) is 4.79 Å². The quantitative estimate of drug-likeness (QED) is 0.812. The molecule has 0 radical (unpaired) electrons. The molecule has 1 heterocycles. The average Bonchev–Trinajstić information content (AvgIpc) is 2.40. The summed E-state index contributed by atoms with van der Waals surface area (Å²) in [7, 11) is 0. The molecule has 1 aromatic rings. The van der Waals surface area contributed by atoms with Crippen LogP contribution in [0.2, 0.25) is 5.02 Å². The lowest BCUT2D eigenvalue weighted by molar-refractivity contribution is 0.0891. The van der Waals surface area contributed by atoms with Gasteiger partial charge in [0.1, 0.15) is 0 Å². The second kappa shape index (κ2) is 7.26.